The predicted octanol–water partition coefficient (Wildman–Crippen LogP) is 2.84. The van der Waals surface area contributed by atoms with E-state index in [1.807, 2.05) is 35.2 Å². The van der Waals surface area contributed by atoms with E-state index in [1.54, 1.807) is 0 Å². The van der Waals surface area contributed by atoms with Gasteiger partial charge in [0.05, 0.1) is 0 Å². The molecule has 1 unspecified atom stereocenters. The van der Waals surface area contributed by atoms with Crippen molar-refractivity contribution in [2.24, 2.45) is 0 Å². The Bertz CT molecular complexity index is 652. The first kappa shape index (κ1) is 17.5. The SMILES string of the molecule is CC(Cc1ccccc1)N1CCN(C(=O)COc2ccccc2)CC1. The van der Waals surface area contributed by atoms with E-state index in [2.05, 4.69) is 42.2 Å². The quantitative estimate of drug-likeness (QED) is 0.812. The van der Waals surface area contributed by atoms with Crippen molar-refractivity contribution in [2.45, 2.75) is 19.4 Å². The summed E-state index contributed by atoms with van der Waals surface area (Å²) in [6.45, 7) is 5.77. The molecule has 0 spiro atoms. The number of benzene rings is 2. The van der Waals surface area contributed by atoms with Crippen molar-refractivity contribution in [1.82, 2.24) is 9.80 Å². The van der Waals surface area contributed by atoms with Crippen LogP contribution in [0.1, 0.15) is 12.5 Å². The van der Waals surface area contributed by atoms with E-state index in [0.29, 0.717) is 6.04 Å². The fourth-order valence-electron chi connectivity index (χ4n) is 3.25. The fraction of sp³-hybridized carbons (Fsp3) is 0.381. The maximum Gasteiger partial charge on any atom is 0.260 e. The molecule has 0 radical (unpaired) electrons. The highest BCUT2D eigenvalue weighted by molar-refractivity contribution is 5.77. The fourth-order valence-corrected chi connectivity index (χ4v) is 3.25. The number of piperazine rings is 1. The highest BCUT2D eigenvalue weighted by atomic mass is 16.5. The maximum atomic E-state index is 12.3. The second-order valence-electron chi connectivity index (χ2n) is 6.56. The van der Waals surface area contributed by atoms with Gasteiger partial charge in [0.25, 0.3) is 5.91 Å². The van der Waals surface area contributed by atoms with Crippen LogP contribution in [-0.4, -0.2) is 54.5 Å². The van der Waals surface area contributed by atoms with E-state index in [9.17, 15) is 4.79 Å². The Balaban J connectivity index is 1.42. The lowest BCUT2D eigenvalue weighted by atomic mass is 10.1. The summed E-state index contributed by atoms with van der Waals surface area (Å²) >= 11 is 0. The molecule has 1 fully saturated rings. The summed E-state index contributed by atoms with van der Waals surface area (Å²) in [6, 6.07) is 20.6. The molecule has 0 aliphatic carbocycles. The number of ether oxygens (including phenoxy) is 1. The Labute approximate surface area is 150 Å². The number of para-hydroxylation sites is 1. The minimum Gasteiger partial charge on any atom is -0.484 e. The second kappa shape index (κ2) is 8.67. The Morgan fingerprint density at radius 1 is 0.960 bits per heavy atom. The van der Waals surface area contributed by atoms with Gasteiger partial charge in [0, 0.05) is 32.2 Å². The summed E-state index contributed by atoms with van der Waals surface area (Å²) in [5.74, 6) is 0.810. The zero-order valence-corrected chi connectivity index (χ0v) is 14.8. The number of hydrogen-bond donors (Lipinski definition) is 0. The standard InChI is InChI=1S/C21H26N2O2/c1-18(16-19-8-4-2-5-9-19)22-12-14-23(15-13-22)21(24)17-25-20-10-6-3-7-11-20/h2-11,18H,12-17H2,1H3. The molecule has 0 aromatic heterocycles. The van der Waals surface area contributed by atoms with Gasteiger partial charge in [-0.15, -0.1) is 0 Å². The Kier molecular flexibility index (Phi) is 6.07. The molecule has 1 aliphatic heterocycles. The van der Waals surface area contributed by atoms with Crippen LogP contribution in [-0.2, 0) is 11.2 Å². The second-order valence-corrected chi connectivity index (χ2v) is 6.56. The van der Waals surface area contributed by atoms with Crippen LogP contribution in [0.4, 0.5) is 0 Å². The van der Waals surface area contributed by atoms with Gasteiger partial charge in [-0.05, 0) is 31.0 Å². The van der Waals surface area contributed by atoms with Crippen LogP contribution in [0.25, 0.3) is 0 Å². The number of amides is 1. The van der Waals surface area contributed by atoms with Gasteiger partial charge in [-0.2, -0.15) is 0 Å². The lowest BCUT2D eigenvalue weighted by Gasteiger charge is -2.38. The first-order valence-electron chi connectivity index (χ1n) is 8.96. The highest BCUT2D eigenvalue weighted by Crippen LogP contribution is 2.13. The molecule has 25 heavy (non-hydrogen) atoms. The summed E-state index contributed by atoms with van der Waals surface area (Å²) < 4.78 is 5.57. The summed E-state index contributed by atoms with van der Waals surface area (Å²) in [5.41, 5.74) is 1.37. The number of rotatable bonds is 6. The first-order valence-corrected chi connectivity index (χ1v) is 8.96. The molecule has 2 aromatic rings. The van der Waals surface area contributed by atoms with E-state index >= 15 is 0 Å². The monoisotopic (exact) mass is 338 g/mol. The third kappa shape index (κ3) is 5.07. The van der Waals surface area contributed by atoms with Crippen LogP contribution >= 0.6 is 0 Å². The zero-order chi connectivity index (χ0) is 17.5. The molecule has 0 N–H and O–H groups in total. The molecular weight excluding hydrogens is 312 g/mol. The minimum atomic E-state index is 0.0687. The summed E-state index contributed by atoms with van der Waals surface area (Å²) in [5, 5.41) is 0. The molecule has 132 valence electrons. The van der Waals surface area contributed by atoms with Crippen LogP contribution in [0.5, 0.6) is 5.75 Å². The summed E-state index contributed by atoms with van der Waals surface area (Å²) in [7, 11) is 0. The molecular formula is C21H26N2O2. The Morgan fingerprint density at radius 2 is 1.56 bits per heavy atom. The molecule has 4 nitrogen and oxygen atoms in total. The van der Waals surface area contributed by atoms with E-state index in [0.717, 1.165) is 38.3 Å². The van der Waals surface area contributed by atoms with Crippen LogP contribution in [0.15, 0.2) is 60.7 Å². The predicted molar refractivity (Wildman–Crippen MR) is 99.7 cm³/mol. The molecule has 0 saturated carbocycles. The molecule has 4 heteroatoms. The number of nitrogens with zero attached hydrogens (tertiary/aromatic N) is 2. The highest BCUT2D eigenvalue weighted by Gasteiger charge is 2.24. The Morgan fingerprint density at radius 3 is 2.20 bits per heavy atom. The normalized spacial score (nSPS) is 16.4. The van der Waals surface area contributed by atoms with Gasteiger partial charge in [-0.1, -0.05) is 48.5 Å². The van der Waals surface area contributed by atoms with E-state index in [-0.39, 0.29) is 12.5 Å². The van der Waals surface area contributed by atoms with Gasteiger partial charge in [-0.25, -0.2) is 0 Å². The lowest BCUT2D eigenvalue weighted by Crippen LogP contribution is -2.52. The summed E-state index contributed by atoms with van der Waals surface area (Å²) in [6.07, 6.45) is 1.05. The molecule has 1 atom stereocenters. The van der Waals surface area contributed by atoms with Gasteiger partial charge < -0.3 is 9.64 Å². The number of carbonyl (C=O) groups excluding carboxylic acids is 1. The number of hydrogen-bond acceptors (Lipinski definition) is 3. The lowest BCUT2D eigenvalue weighted by molar-refractivity contribution is -0.135. The zero-order valence-electron chi connectivity index (χ0n) is 14.8. The van der Waals surface area contributed by atoms with Crippen LogP contribution < -0.4 is 4.74 Å². The van der Waals surface area contributed by atoms with Crippen molar-refractivity contribution < 1.29 is 9.53 Å². The smallest absolute Gasteiger partial charge is 0.260 e. The largest absolute Gasteiger partial charge is 0.484 e. The van der Waals surface area contributed by atoms with E-state index in [1.165, 1.54) is 5.56 Å². The van der Waals surface area contributed by atoms with Crippen molar-refractivity contribution in [3.05, 3.63) is 66.2 Å². The van der Waals surface area contributed by atoms with Crippen molar-refractivity contribution in [1.29, 1.82) is 0 Å². The minimum absolute atomic E-state index is 0.0687. The van der Waals surface area contributed by atoms with Crippen LogP contribution in [0, 0.1) is 0 Å². The molecule has 1 aliphatic rings. The third-order valence-corrected chi connectivity index (χ3v) is 4.77. The topological polar surface area (TPSA) is 32.8 Å². The van der Waals surface area contributed by atoms with E-state index < -0.39 is 0 Å². The van der Waals surface area contributed by atoms with Crippen molar-refractivity contribution in [2.75, 3.05) is 32.8 Å². The van der Waals surface area contributed by atoms with Gasteiger partial charge in [0.15, 0.2) is 6.61 Å². The molecule has 1 saturated heterocycles. The van der Waals surface area contributed by atoms with Crippen LogP contribution in [0.3, 0.4) is 0 Å². The molecule has 1 amide bonds. The first-order chi connectivity index (χ1) is 12.2. The molecule has 2 aromatic carbocycles. The van der Waals surface area contributed by atoms with E-state index in [4.69, 9.17) is 4.74 Å². The molecule has 1 heterocycles. The molecule has 0 bridgehead atoms. The van der Waals surface area contributed by atoms with Gasteiger partial charge in [-0.3, -0.25) is 9.69 Å². The average Bonchev–Trinajstić information content (AvgIpc) is 2.68. The maximum absolute atomic E-state index is 12.3. The van der Waals surface area contributed by atoms with Gasteiger partial charge >= 0.3 is 0 Å². The van der Waals surface area contributed by atoms with Crippen molar-refractivity contribution in [3.63, 3.8) is 0 Å². The Hall–Kier alpha value is -2.33. The van der Waals surface area contributed by atoms with Crippen molar-refractivity contribution >= 4 is 5.91 Å². The number of carbonyl (C=O) groups is 1. The van der Waals surface area contributed by atoms with Gasteiger partial charge in [0.2, 0.25) is 0 Å². The third-order valence-electron chi connectivity index (χ3n) is 4.77. The average molecular weight is 338 g/mol. The van der Waals surface area contributed by atoms with Gasteiger partial charge in [0.1, 0.15) is 5.75 Å². The van der Waals surface area contributed by atoms with Crippen LogP contribution in [0.2, 0.25) is 0 Å². The van der Waals surface area contributed by atoms with Crippen molar-refractivity contribution in [3.8, 4) is 5.75 Å². The summed E-state index contributed by atoms with van der Waals surface area (Å²) in [4.78, 5) is 16.7. The molecule has 3 rings (SSSR count).